The summed E-state index contributed by atoms with van der Waals surface area (Å²) in [6.45, 7) is 1.66. The molecule has 0 atom stereocenters. The van der Waals surface area contributed by atoms with Gasteiger partial charge in [-0.25, -0.2) is 13.4 Å². The molecule has 162 valence electrons. The zero-order valence-corrected chi connectivity index (χ0v) is 19.8. The molecule has 2 aliphatic rings. The minimum absolute atomic E-state index is 0.171. The number of sulfonamides is 1. The van der Waals surface area contributed by atoms with Gasteiger partial charge in [0.25, 0.3) is 5.91 Å². The van der Waals surface area contributed by atoms with Gasteiger partial charge in [-0.1, -0.05) is 18.0 Å². The van der Waals surface area contributed by atoms with Crippen molar-refractivity contribution in [2.45, 2.75) is 30.6 Å². The smallest absolute Gasteiger partial charge is 0.277 e. The van der Waals surface area contributed by atoms with Crippen LogP contribution in [-0.2, 0) is 16.4 Å². The molecule has 1 amide bonds. The fourth-order valence-electron chi connectivity index (χ4n) is 4.06. The summed E-state index contributed by atoms with van der Waals surface area (Å²) in [5.41, 5.74) is 2.03. The maximum absolute atomic E-state index is 13.1. The highest BCUT2D eigenvalue weighted by molar-refractivity contribution is 7.89. The maximum atomic E-state index is 13.1. The van der Waals surface area contributed by atoms with E-state index in [1.165, 1.54) is 22.7 Å². The second-order valence-corrected chi connectivity index (χ2v) is 12.1. The van der Waals surface area contributed by atoms with E-state index >= 15 is 0 Å². The summed E-state index contributed by atoms with van der Waals surface area (Å²) in [6, 6.07) is 8.82. The van der Waals surface area contributed by atoms with Gasteiger partial charge in [-0.3, -0.25) is 4.79 Å². The number of thiazole rings is 1. The quantitative estimate of drug-likeness (QED) is 0.518. The topological polar surface area (TPSA) is 70.6 Å². The van der Waals surface area contributed by atoms with Crippen molar-refractivity contribution in [2.24, 2.45) is 0 Å². The number of anilines is 1. The van der Waals surface area contributed by atoms with Gasteiger partial charge in [-0.15, -0.1) is 22.7 Å². The first-order valence-corrected chi connectivity index (χ1v) is 13.6. The second-order valence-electron chi connectivity index (χ2n) is 7.60. The summed E-state index contributed by atoms with van der Waals surface area (Å²) >= 11 is 8.85. The largest absolute Gasteiger partial charge is 0.306 e. The molecule has 31 heavy (non-hydrogen) atoms. The third kappa shape index (κ3) is 3.93. The van der Waals surface area contributed by atoms with Crippen LogP contribution in [-0.4, -0.2) is 43.2 Å². The molecule has 0 saturated carbocycles. The first kappa shape index (κ1) is 21.1. The number of hydrogen-bond donors (Lipinski definition) is 0. The molecule has 2 aliphatic heterocycles. The van der Waals surface area contributed by atoms with Crippen molar-refractivity contribution < 1.29 is 13.2 Å². The Hall–Kier alpha value is -1.78. The molecule has 0 bridgehead atoms. The van der Waals surface area contributed by atoms with Crippen LogP contribution >= 0.6 is 34.3 Å². The lowest BCUT2D eigenvalue weighted by Gasteiger charge is -2.26. The molecule has 6 nitrogen and oxygen atoms in total. The lowest BCUT2D eigenvalue weighted by molar-refractivity contribution is 0.0985. The molecule has 1 aromatic carbocycles. The van der Waals surface area contributed by atoms with Gasteiger partial charge in [0.2, 0.25) is 10.0 Å². The van der Waals surface area contributed by atoms with Crippen LogP contribution in [0.4, 0.5) is 5.69 Å². The number of halogens is 1. The second kappa shape index (κ2) is 8.29. The predicted octanol–water partition coefficient (Wildman–Crippen LogP) is 4.90. The van der Waals surface area contributed by atoms with E-state index in [9.17, 15) is 13.2 Å². The normalized spacial score (nSPS) is 17.1. The summed E-state index contributed by atoms with van der Waals surface area (Å²) in [4.78, 5) is 20.5. The summed E-state index contributed by atoms with van der Waals surface area (Å²) in [5, 5.41) is 2.53. The average Bonchev–Trinajstić information content (AvgIpc) is 3.52. The summed E-state index contributed by atoms with van der Waals surface area (Å²) in [5.74, 6) is -0.171. The lowest BCUT2D eigenvalue weighted by atomic mass is 10.2. The summed E-state index contributed by atoms with van der Waals surface area (Å²) in [6.07, 6.45) is 3.51. The first-order chi connectivity index (χ1) is 14.9. The molecule has 10 heteroatoms. The number of fused-ring (bicyclic) bond motifs is 1. The van der Waals surface area contributed by atoms with Crippen molar-refractivity contribution >= 4 is 55.9 Å². The van der Waals surface area contributed by atoms with Crippen LogP contribution in [0.5, 0.6) is 0 Å². The Bertz CT molecular complexity index is 1250. The molecular formula is C21H20ClN3O3S3. The van der Waals surface area contributed by atoms with Crippen LogP contribution in [0, 0.1) is 0 Å². The monoisotopic (exact) mass is 493 g/mol. The van der Waals surface area contributed by atoms with Crippen molar-refractivity contribution in [3.8, 4) is 9.88 Å². The number of benzene rings is 1. The van der Waals surface area contributed by atoms with E-state index in [0.29, 0.717) is 41.0 Å². The van der Waals surface area contributed by atoms with Gasteiger partial charge in [0, 0.05) is 30.7 Å². The van der Waals surface area contributed by atoms with E-state index in [1.54, 1.807) is 32.8 Å². The zero-order valence-electron chi connectivity index (χ0n) is 16.6. The minimum atomic E-state index is -3.49. The number of piperidine rings is 1. The van der Waals surface area contributed by atoms with Gasteiger partial charge < -0.3 is 4.90 Å². The molecule has 5 rings (SSSR count). The summed E-state index contributed by atoms with van der Waals surface area (Å²) in [7, 11) is -3.49. The molecular weight excluding hydrogens is 474 g/mol. The highest BCUT2D eigenvalue weighted by atomic mass is 35.5. The Morgan fingerprint density at radius 2 is 1.87 bits per heavy atom. The van der Waals surface area contributed by atoms with Gasteiger partial charge in [-0.2, -0.15) is 4.31 Å². The van der Waals surface area contributed by atoms with E-state index in [-0.39, 0.29) is 5.91 Å². The first-order valence-electron chi connectivity index (χ1n) is 10.1. The SMILES string of the molecule is O=C(c1csc(-c2ccc(Cl)s2)n1)N1CCc2cc(S(=O)(=O)N3CCCCC3)ccc21. The van der Waals surface area contributed by atoms with E-state index < -0.39 is 10.0 Å². The molecule has 0 aliphatic carbocycles. The lowest BCUT2D eigenvalue weighted by Crippen LogP contribution is -2.35. The van der Waals surface area contributed by atoms with Gasteiger partial charge in [0.15, 0.2) is 0 Å². The van der Waals surface area contributed by atoms with Crippen molar-refractivity contribution in [1.29, 1.82) is 0 Å². The molecule has 0 N–H and O–H groups in total. The molecule has 1 saturated heterocycles. The molecule has 0 unspecified atom stereocenters. The highest BCUT2D eigenvalue weighted by Crippen LogP contribution is 2.35. The fourth-order valence-corrected chi connectivity index (χ4v) is 7.53. The van der Waals surface area contributed by atoms with E-state index in [1.807, 2.05) is 12.1 Å². The Morgan fingerprint density at radius 1 is 1.06 bits per heavy atom. The Labute approximate surface area is 194 Å². The number of rotatable bonds is 4. The highest BCUT2D eigenvalue weighted by Gasteiger charge is 2.31. The predicted molar refractivity (Wildman–Crippen MR) is 125 cm³/mol. The van der Waals surface area contributed by atoms with Crippen LogP contribution in [0.1, 0.15) is 35.3 Å². The number of aromatic nitrogens is 1. The van der Waals surface area contributed by atoms with Crippen LogP contribution in [0.2, 0.25) is 4.34 Å². The number of hydrogen-bond acceptors (Lipinski definition) is 6. The molecule has 2 aromatic heterocycles. The average molecular weight is 494 g/mol. The minimum Gasteiger partial charge on any atom is -0.306 e. The van der Waals surface area contributed by atoms with Gasteiger partial charge >= 0.3 is 0 Å². The maximum Gasteiger partial charge on any atom is 0.277 e. The van der Waals surface area contributed by atoms with Gasteiger partial charge in [0.05, 0.1) is 14.1 Å². The Morgan fingerprint density at radius 3 is 2.61 bits per heavy atom. The van der Waals surface area contributed by atoms with E-state index in [0.717, 1.165) is 40.4 Å². The number of thiophene rings is 1. The third-order valence-electron chi connectivity index (χ3n) is 5.65. The summed E-state index contributed by atoms with van der Waals surface area (Å²) < 4.78 is 28.2. The number of carbonyl (C=O) groups excluding carboxylic acids is 1. The van der Waals surface area contributed by atoms with Gasteiger partial charge in [0.1, 0.15) is 10.7 Å². The molecule has 3 aromatic rings. The van der Waals surface area contributed by atoms with Crippen molar-refractivity contribution in [3.63, 3.8) is 0 Å². The van der Waals surface area contributed by atoms with Crippen molar-refractivity contribution in [3.05, 3.63) is 51.3 Å². The standard InChI is InChI=1S/C21H20ClN3O3S3/c22-19-7-6-18(30-19)20-23-16(13-29-20)21(26)25-11-8-14-12-15(4-5-17(14)25)31(27,28)24-9-2-1-3-10-24/h4-7,12-13H,1-3,8-11H2. The third-order valence-corrected chi connectivity index (χ3v) is 9.79. The van der Waals surface area contributed by atoms with Gasteiger partial charge in [-0.05, 0) is 55.2 Å². The number of nitrogens with zero attached hydrogens (tertiary/aromatic N) is 3. The van der Waals surface area contributed by atoms with E-state index in [4.69, 9.17) is 11.6 Å². The molecule has 0 radical (unpaired) electrons. The Balaban J connectivity index is 1.38. The zero-order chi connectivity index (χ0) is 21.6. The van der Waals surface area contributed by atoms with Crippen LogP contribution in [0.15, 0.2) is 40.6 Å². The number of carbonyl (C=O) groups is 1. The van der Waals surface area contributed by atoms with E-state index in [2.05, 4.69) is 4.98 Å². The fraction of sp³-hybridized carbons (Fsp3) is 0.333. The van der Waals surface area contributed by atoms with Crippen molar-refractivity contribution in [1.82, 2.24) is 9.29 Å². The molecule has 0 spiro atoms. The van der Waals surface area contributed by atoms with Crippen molar-refractivity contribution in [2.75, 3.05) is 24.5 Å². The Kier molecular flexibility index (Phi) is 5.64. The molecule has 1 fully saturated rings. The van der Waals surface area contributed by atoms with Crippen LogP contribution < -0.4 is 4.90 Å². The molecule has 4 heterocycles. The number of amides is 1. The van der Waals surface area contributed by atoms with Crippen LogP contribution in [0.3, 0.4) is 0 Å². The van der Waals surface area contributed by atoms with Crippen LogP contribution in [0.25, 0.3) is 9.88 Å².